The number of aromatic carboxylic acids is 1. The van der Waals surface area contributed by atoms with E-state index in [2.05, 4.69) is 0 Å². The van der Waals surface area contributed by atoms with Crippen LogP contribution in [0.4, 0.5) is 8.78 Å². The van der Waals surface area contributed by atoms with Gasteiger partial charge in [0.1, 0.15) is 11.6 Å². The topological polar surface area (TPSA) is 40.1 Å². The van der Waals surface area contributed by atoms with E-state index in [1.807, 2.05) is 0 Å². The lowest BCUT2D eigenvalue weighted by molar-refractivity contribution is -0.255. The molecule has 0 aromatic heterocycles. The normalized spacial score (nSPS) is 9.92. The van der Waals surface area contributed by atoms with Gasteiger partial charge >= 0.3 is 0 Å². The molecule has 0 radical (unpaired) electrons. The van der Waals surface area contributed by atoms with Crippen molar-refractivity contribution in [2.24, 2.45) is 0 Å². The second kappa shape index (κ2) is 3.06. The number of carboxylic acid groups (broad SMARTS) is 1. The molecule has 0 saturated carbocycles. The highest BCUT2D eigenvalue weighted by molar-refractivity contribution is 6.31. The first-order valence-corrected chi connectivity index (χ1v) is 3.26. The van der Waals surface area contributed by atoms with Crippen LogP contribution in [0.5, 0.6) is 0 Å². The van der Waals surface area contributed by atoms with Gasteiger partial charge in [0.2, 0.25) is 0 Å². The van der Waals surface area contributed by atoms with Crippen molar-refractivity contribution in [3.63, 3.8) is 0 Å². The van der Waals surface area contributed by atoms with Crippen LogP contribution in [0, 0.1) is 11.6 Å². The molecule has 0 amide bonds. The molecule has 0 N–H and O–H groups in total. The van der Waals surface area contributed by atoms with Gasteiger partial charge in [-0.2, -0.15) is 0 Å². The molecule has 0 spiro atoms. The van der Waals surface area contributed by atoms with Crippen molar-refractivity contribution in [2.75, 3.05) is 0 Å². The third-order valence-electron chi connectivity index (χ3n) is 1.23. The Labute approximate surface area is 71.4 Å². The Balaban J connectivity index is 3.33. The summed E-state index contributed by atoms with van der Waals surface area (Å²) < 4.78 is 25.0. The first kappa shape index (κ1) is 8.93. The van der Waals surface area contributed by atoms with E-state index in [1.165, 1.54) is 0 Å². The van der Waals surface area contributed by atoms with E-state index in [1.54, 1.807) is 0 Å². The Morgan fingerprint density at radius 3 is 2.42 bits per heavy atom. The number of benzene rings is 1. The van der Waals surface area contributed by atoms with Crippen LogP contribution in [0.25, 0.3) is 0 Å². The highest BCUT2D eigenvalue weighted by atomic mass is 35.5. The SMILES string of the molecule is O=C([O-])c1cc(Cl)c(F)cc1F. The van der Waals surface area contributed by atoms with Gasteiger partial charge in [0, 0.05) is 11.6 Å². The van der Waals surface area contributed by atoms with Crippen molar-refractivity contribution in [1.29, 1.82) is 0 Å². The molecule has 5 heteroatoms. The minimum Gasteiger partial charge on any atom is -0.545 e. The van der Waals surface area contributed by atoms with Crippen LogP contribution in [0.1, 0.15) is 10.4 Å². The van der Waals surface area contributed by atoms with Crippen molar-refractivity contribution in [3.05, 3.63) is 34.4 Å². The summed E-state index contributed by atoms with van der Waals surface area (Å²) in [4.78, 5) is 10.2. The summed E-state index contributed by atoms with van der Waals surface area (Å²) in [5.41, 5.74) is -0.749. The maximum Gasteiger partial charge on any atom is 0.144 e. The molecule has 0 saturated heterocycles. The average molecular weight is 192 g/mol. The largest absolute Gasteiger partial charge is 0.545 e. The summed E-state index contributed by atoms with van der Waals surface area (Å²) in [6.45, 7) is 0. The van der Waals surface area contributed by atoms with E-state index >= 15 is 0 Å². The Hall–Kier alpha value is -1.16. The van der Waals surface area contributed by atoms with Crippen LogP contribution in [-0.2, 0) is 0 Å². The van der Waals surface area contributed by atoms with Gasteiger partial charge in [-0.3, -0.25) is 0 Å². The van der Waals surface area contributed by atoms with Gasteiger partial charge in [-0.05, 0) is 6.07 Å². The lowest BCUT2D eigenvalue weighted by atomic mass is 10.2. The summed E-state index contributed by atoms with van der Waals surface area (Å²) in [6.07, 6.45) is 0. The zero-order chi connectivity index (χ0) is 9.30. The van der Waals surface area contributed by atoms with Gasteiger partial charge in [-0.25, -0.2) is 8.78 Å². The first-order valence-electron chi connectivity index (χ1n) is 2.88. The van der Waals surface area contributed by atoms with E-state index in [4.69, 9.17) is 11.6 Å². The van der Waals surface area contributed by atoms with E-state index in [0.717, 1.165) is 0 Å². The van der Waals surface area contributed by atoms with E-state index in [9.17, 15) is 18.7 Å². The summed E-state index contributed by atoms with van der Waals surface area (Å²) in [5, 5.41) is 9.70. The van der Waals surface area contributed by atoms with Crippen LogP contribution in [0.15, 0.2) is 12.1 Å². The van der Waals surface area contributed by atoms with Crippen molar-refractivity contribution in [2.45, 2.75) is 0 Å². The molecule has 0 aliphatic rings. The number of carbonyl (C=O) groups excluding carboxylic acids is 1. The molecular weight excluding hydrogens is 190 g/mol. The van der Waals surface area contributed by atoms with Crippen LogP contribution in [-0.4, -0.2) is 5.97 Å². The molecule has 64 valence electrons. The number of carboxylic acids is 1. The third kappa shape index (κ3) is 1.53. The lowest BCUT2D eigenvalue weighted by Crippen LogP contribution is -2.23. The van der Waals surface area contributed by atoms with Crippen LogP contribution < -0.4 is 5.11 Å². The maximum absolute atomic E-state index is 12.6. The fraction of sp³-hybridized carbons (Fsp3) is 0. The Bertz CT molecular complexity index is 338. The molecule has 0 aliphatic heterocycles. The Morgan fingerprint density at radius 1 is 1.33 bits per heavy atom. The molecule has 0 atom stereocenters. The van der Waals surface area contributed by atoms with Gasteiger partial charge in [-0.1, -0.05) is 11.6 Å². The summed E-state index contributed by atoms with van der Waals surface area (Å²) in [5.74, 6) is -3.93. The minimum atomic E-state index is -1.73. The molecule has 1 rings (SSSR count). The molecule has 0 heterocycles. The standard InChI is InChI=1S/C7H3ClF2O2/c8-4-1-3(7(11)12)5(9)2-6(4)10/h1-2H,(H,11,12)/p-1. The lowest BCUT2D eigenvalue weighted by Gasteiger charge is -2.04. The van der Waals surface area contributed by atoms with E-state index in [-0.39, 0.29) is 0 Å². The molecule has 0 aliphatic carbocycles. The minimum absolute atomic E-state index is 0.396. The molecule has 1 aromatic carbocycles. The predicted molar refractivity (Wildman–Crippen MR) is 35.7 cm³/mol. The highest BCUT2D eigenvalue weighted by Crippen LogP contribution is 2.18. The molecule has 2 nitrogen and oxygen atoms in total. The molecular formula is C7H2ClF2O2-. The first-order chi connectivity index (χ1) is 5.52. The van der Waals surface area contributed by atoms with Crippen LogP contribution >= 0.6 is 11.6 Å². The summed E-state index contributed by atoms with van der Waals surface area (Å²) in [6, 6.07) is 1.06. The molecule has 0 fully saturated rings. The number of halogens is 3. The number of hydrogen-bond acceptors (Lipinski definition) is 2. The zero-order valence-electron chi connectivity index (χ0n) is 5.61. The second-order valence-electron chi connectivity index (χ2n) is 2.03. The zero-order valence-corrected chi connectivity index (χ0v) is 6.36. The predicted octanol–water partition coefficient (Wildman–Crippen LogP) is 0.982. The summed E-state index contributed by atoms with van der Waals surface area (Å²) >= 11 is 5.20. The van der Waals surface area contributed by atoms with Crippen LogP contribution in [0.2, 0.25) is 5.02 Å². The third-order valence-corrected chi connectivity index (χ3v) is 1.52. The average Bonchev–Trinajstić information content (AvgIpc) is 1.96. The van der Waals surface area contributed by atoms with Crippen molar-refractivity contribution < 1.29 is 18.7 Å². The summed E-state index contributed by atoms with van der Waals surface area (Å²) in [7, 11) is 0. The fourth-order valence-electron chi connectivity index (χ4n) is 0.679. The fourth-order valence-corrected chi connectivity index (χ4v) is 0.843. The monoisotopic (exact) mass is 191 g/mol. The van der Waals surface area contributed by atoms with E-state index < -0.39 is 28.2 Å². The molecule has 0 unspecified atom stereocenters. The number of carbonyl (C=O) groups is 1. The highest BCUT2D eigenvalue weighted by Gasteiger charge is 2.08. The molecule has 12 heavy (non-hydrogen) atoms. The number of hydrogen-bond donors (Lipinski definition) is 0. The van der Waals surface area contributed by atoms with Gasteiger partial charge in [0.05, 0.1) is 11.0 Å². The quantitative estimate of drug-likeness (QED) is 0.621. The van der Waals surface area contributed by atoms with Crippen molar-refractivity contribution >= 4 is 17.6 Å². The number of rotatable bonds is 1. The van der Waals surface area contributed by atoms with Gasteiger partial charge in [-0.15, -0.1) is 0 Å². The van der Waals surface area contributed by atoms with Crippen molar-refractivity contribution in [3.8, 4) is 0 Å². The molecule has 0 bridgehead atoms. The van der Waals surface area contributed by atoms with E-state index in [0.29, 0.717) is 12.1 Å². The van der Waals surface area contributed by atoms with Crippen molar-refractivity contribution in [1.82, 2.24) is 0 Å². The maximum atomic E-state index is 12.6. The van der Waals surface area contributed by atoms with Gasteiger partial charge in [0.15, 0.2) is 0 Å². The van der Waals surface area contributed by atoms with Crippen LogP contribution in [0.3, 0.4) is 0 Å². The Morgan fingerprint density at radius 2 is 1.92 bits per heavy atom. The van der Waals surface area contributed by atoms with Gasteiger partial charge < -0.3 is 9.90 Å². The smallest absolute Gasteiger partial charge is 0.144 e. The second-order valence-corrected chi connectivity index (χ2v) is 2.44. The Kier molecular flexibility index (Phi) is 2.28. The van der Waals surface area contributed by atoms with Gasteiger partial charge in [0.25, 0.3) is 0 Å². The molecule has 1 aromatic rings.